The smallest absolute Gasteiger partial charge is 0.335 e. The van der Waals surface area contributed by atoms with Gasteiger partial charge in [0.2, 0.25) is 0 Å². The van der Waals surface area contributed by atoms with Gasteiger partial charge in [0, 0.05) is 21.9 Å². The van der Waals surface area contributed by atoms with Crippen molar-refractivity contribution in [3.63, 3.8) is 0 Å². The van der Waals surface area contributed by atoms with E-state index in [9.17, 15) is 4.79 Å². The van der Waals surface area contributed by atoms with Gasteiger partial charge < -0.3 is 9.47 Å². The molecule has 0 heterocycles. The van der Waals surface area contributed by atoms with Crippen LogP contribution in [0.2, 0.25) is 5.02 Å². The van der Waals surface area contributed by atoms with Crippen LogP contribution in [0, 0.1) is 0 Å². The summed E-state index contributed by atoms with van der Waals surface area (Å²) in [6, 6.07) is 7.17. The van der Waals surface area contributed by atoms with Gasteiger partial charge in [-0.15, -0.1) is 11.8 Å². The van der Waals surface area contributed by atoms with Crippen LogP contribution in [0.3, 0.4) is 0 Å². The van der Waals surface area contributed by atoms with Gasteiger partial charge in [-0.05, 0) is 30.5 Å². The first-order chi connectivity index (χ1) is 9.60. The first-order valence-corrected chi connectivity index (χ1v) is 7.39. The summed E-state index contributed by atoms with van der Waals surface area (Å²) >= 11 is 7.49. The molecule has 0 saturated heterocycles. The largest absolute Gasteiger partial charge is 0.496 e. The highest BCUT2D eigenvalue weighted by molar-refractivity contribution is 7.98. The van der Waals surface area contributed by atoms with Gasteiger partial charge in [0.25, 0.3) is 0 Å². The molecule has 0 aliphatic carbocycles. The number of methoxy groups -OCH3 is 1. The summed E-state index contributed by atoms with van der Waals surface area (Å²) in [7, 11) is 1.59. The van der Waals surface area contributed by atoms with Crippen molar-refractivity contribution in [1.29, 1.82) is 0 Å². The van der Waals surface area contributed by atoms with Gasteiger partial charge in [0.05, 0.1) is 12.0 Å². The Morgan fingerprint density at radius 1 is 1.35 bits per heavy atom. The molecule has 2 aromatic rings. The van der Waals surface area contributed by atoms with Crippen molar-refractivity contribution in [2.24, 2.45) is 0 Å². The zero-order valence-corrected chi connectivity index (χ0v) is 12.7. The molecule has 104 valence electrons. The maximum absolute atomic E-state index is 11.5. The minimum absolute atomic E-state index is 0.495. The minimum Gasteiger partial charge on any atom is -0.496 e. The van der Waals surface area contributed by atoms with Crippen LogP contribution in [0.1, 0.15) is 0 Å². The average molecular weight is 309 g/mol. The molecule has 0 bridgehead atoms. The van der Waals surface area contributed by atoms with Crippen molar-refractivity contribution in [2.75, 3.05) is 13.4 Å². The van der Waals surface area contributed by atoms with Crippen molar-refractivity contribution >= 4 is 40.1 Å². The molecule has 0 radical (unpaired) electrons. The average Bonchev–Trinajstić information content (AvgIpc) is 2.47. The van der Waals surface area contributed by atoms with Gasteiger partial charge in [-0.25, -0.2) is 4.79 Å². The molecule has 0 atom stereocenters. The van der Waals surface area contributed by atoms with Gasteiger partial charge >= 0.3 is 5.97 Å². The lowest BCUT2D eigenvalue weighted by Crippen LogP contribution is -2.05. The Balaban J connectivity index is 2.76. The van der Waals surface area contributed by atoms with E-state index in [-0.39, 0.29) is 0 Å². The summed E-state index contributed by atoms with van der Waals surface area (Å²) in [6.45, 7) is 3.41. The fraction of sp³-hybridized carbons (Fsp3) is 0.133. The Morgan fingerprint density at radius 2 is 2.10 bits per heavy atom. The Hall–Kier alpha value is -1.65. The fourth-order valence-electron chi connectivity index (χ4n) is 1.88. The molecule has 2 rings (SSSR count). The number of thioether (sulfide) groups is 1. The molecular formula is C15H13ClO3S. The number of hydrogen-bond donors (Lipinski definition) is 0. The van der Waals surface area contributed by atoms with Gasteiger partial charge in [0.1, 0.15) is 5.75 Å². The number of ether oxygens (including phenoxy) is 2. The maximum atomic E-state index is 11.5. The molecule has 5 heteroatoms. The predicted octanol–water partition coefficient (Wildman–Crippen LogP) is 4.32. The number of rotatable bonds is 4. The van der Waals surface area contributed by atoms with Crippen molar-refractivity contribution in [3.8, 4) is 11.5 Å². The van der Waals surface area contributed by atoms with E-state index >= 15 is 0 Å². The molecule has 0 amide bonds. The molecule has 0 aliphatic heterocycles. The highest BCUT2D eigenvalue weighted by Gasteiger charge is 2.16. The first kappa shape index (κ1) is 14.8. The second kappa shape index (κ2) is 6.20. The Kier molecular flexibility index (Phi) is 4.57. The number of carbonyl (C=O) groups is 1. The van der Waals surface area contributed by atoms with E-state index < -0.39 is 5.97 Å². The number of fused-ring (bicyclic) bond motifs is 1. The summed E-state index contributed by atoms with van der Waals surface area (Å²) in [5.41, 5.74) is 0. The quantitative estimate of drug-likeness (QED) is 0.365. The Bertz CT molecular complexity index is 682. The third-order valence-electron chi connectivity index (χ3n) is 2.79. The first-order valence-electron chi connectivity index (χ1n) is 5.79. The van der Waals surface area contributed by atoms with E-state index in [0.717, 1.165) is 21.7 Å². The lowest BCUT2D eigenvalue weighted by atomic mass is 10.1. The molecule has 0 saturated carbocycles. The van der Waals surface area contributed by atoms with E-state index in [2.05, 4.69) is 6.58 Å². The van der Waals surface area contributed by atoms with Crippen LogP contribution in [0.4, 0.5) is 0 Å². The van der Waals surface area contributed by atoms with Crippen LogP contribution in [0.5, 0.6) is 11.5 Å². The highest BCUT2D eigenvalue weighted by Crippen LogP contribution is 2.41. The predicted molar refractivity (Wildman–Crippen MR) is 83.1 cm³/mol. The monoisotopic (exact) mass is 308 g/mol. The molecule has 0 aliphatic rings. The van der Waals surface area contributed by atoms with E-state index in [1.165, 1.54) is 11.8 Å². The number of benzene rings is 2. The SMILES string of the molecule is C=CC(=O)Oc1c(SC)cc(OC)c2cc(Cl)ccc12. The second-order valence-corrected chi connectivity index (χ2v) is 5.21. The van der Waals surface area contributed by atoms with E-state index in [1.807, 2.05) is 18.4 Å². The van der Waals surface area contributed by atoms with Crippen molar-refractivity contribution < 1.29 is 14.3 Å². The molecular weight excluding hydrogens is 296 g/mol. The zero-order chi connectivity index (χ0) is 14.7. The van der Waals surface area contributed by atoms with Gasteiger partial charge in [0.15, 0.2) is 5.75 Å². The van der Waals surface area contributed by atoms with Crippen molar-refractivity contribution in [3.05, 3.63) is 41.9 Å². The summed E-state index contributed by atoms with van der Waals surface area (Å²) < 4.78 is 10.7. The third kappa shape index (κ3) is 2.76. The standard InChI is InChI=1S/C15H13ClO3S/c1-4-14(17)19-15-10-6-5-9(16)7-11(10)12(18-2)8-13(15)20-3/h4-8H,1H2,2-3H3. The lowest BCUT2D eigenvalue weighted by molar-refractivity contribution is -0.129. The van der Waals surface area contributed by atoms with Crippen LogP contribution >= 0.6 is 23.4 Å². The summed E-state index contributed by atoms with van der Waals surface area (Å²) in [5.74, 6) is 0.682. The molecule has 0 aromatic heterocycles. The second-order valence-electron chi connectivity index (χ2n) is 3.93. The summed E-state index contributed by atoms with van der Waals surface area (Å²) in [6.07, 6.45) is 3.04. The Morgan fingerprint density at radius 3 is 2.70 bits per heavy atom. The molecule has 0 unspecified atom stereocenters. The van der Waals surface area contributed by atoms with Crippen molar-refractivity contribution in [2.45, 2.75) is 4.90 Å². The number of hydrogen-bond acceptors (Lipinski definition) is 4. The lowest BCUT2D eigenvalue weighted by Gasteiger charge is -2.14. The summed E-state index contributed by atoms with van der Waals surface area (Å²) in [5, 5.41) is 2.16. The molecule has 3 nitrogen and oxygen atoms in total. The van der Waals surface area contributed by atoms with Crippen LogP contribution in [-0.2, 0) is 4.79 Å². The molecule has 20 heavy (non-hydrogen) atoms. The molecule has 0 fully saturated rings. The molecule has 2 aromatic carbocycles. The Labute approximate surface area is 126 Å². The van der Waals surface area contributed by atoms with Crippen LogP contribution in [0.25, 0.3) is 10.8 Å². The van der Waals surface area contributed by atoms with E-state index in [4.69, 9.17) is 21.1 Å². The van der Waals surface area contributed by atoms with E-state index in [1.54, 1.807) is 19.2 Å². The minimum atomic E-state index is -0.498. The van der Waals surface area contributed by atoms with Crippen LogP contribution in [-0.4, -0.2) is 19.3 Å². The van der Waals surface area contributed by atoms with E-state index in [0.29, 0.717) is 16.5 Å². The zero-order valence-electron chi connectivity index (χ0n) is 11.1. The van der Waals surface area contributed by atoms with Gasteiger partial charge in [-0.3, -0.25) is 0 Å². The van der Waals surface area contributed by atoms with Crippen molar-refractivity contribution in [1.82, 2.24) is 0 Å². The number of carbonyl (C=O) groups excluding carboxylic acids is 1. The fourth-order valence-corrected chi connectivity index (χ4v) is 2.62. The van der Waals surface area contributed by atoms with Gasteiger partial charge in [-0.2, -0.15) is 0 Å². The van der Waals surface area contributed by atoms with Gasteiger partial charge in [-0.1, -0.05) is 18.2 Å². The normalized spacial score (nSPS) is 10.3. The van der Waals surface area contributed by atoms with Crippen LogP contribution in [0.15, 0.2) is 41.8 Å². The molecule has 0 N–H and O–H groups in total. The topological polar surface area (TPSA) is 35.5 Å². The maximum Gasteiger partial charge on any atom is 0.335 e. The highest BCUT2D eigenvalue weighted by atomic mass is 35.5. The third-order valence-corrected chi connectivity index (χ3v) is 3.76. The number of halogens is 1. The summed E-state index contributed by atoms with van der Waals surface area (Å²) in [4.78, 5) is 12.3. The van der Waals surface area contributed by atoms with Crippen LogP contribution < -0.4 is 9.47 Å². The molecule has 0 spiro atoms. The number of esters is 1.